The summed E-state index contributed by atoms with van der Waals surface area (Å²) in [5, 5.41) is 21.0. The fourth-order valence-electron chi connectivity index (χ4n) is 5.20. The molecule has 9 nitrogen and oxygen atoms in total. The molecule has 3 unspecified atom stereocenters. The lowest BCUT2D eigenvalue weighted by Crippen LogP contribution is -2.37. The average Bonchev–Trinajstić information content (AvgIpc) is 3.04. The Bertz CT molecular complexity index is 1340. The lowest BCUT2D eigenvalue weighted by molar-refractivity contribution is -0.252. The molecule has 3 atom stereocenters. The molecule has 228 valence electrons. The molecule has 0 spiro atoms. The van der Waals surface area contributed by atoms with Crippen LogP contribution in [0.1, 0.15) is 60.3 Å². The molecule has 1 aliphatic rings. The maximum absolute atomic E-state index is 12.3. The highest BCUT2D eigenvalue weighted by Gasteiger charge is 2.32. The largest absolute Gasteiger partial charge is 0.392 e. The Morgan fingerprint density at radius 3 is 2.37 bits per heavy atom. The fourth-order valence-corrected chi connectivity index (χ4v) is 5.20. The van der Waals surface area contributed by atoms with E-state index in [1.54, 1.807) is 5.48 Å². The van der Waals surface area contributed by atoms with Crippen molar-refractivity contribution in [2.75, 3.05) is 20.1 Å². The molecule has 1 aliphatic heterocycles. The number of hydrogen-bond acceptors (Lipinski definition) is 7. The SMILES string of the molecule is C=CCN(C)CC1CC(c2ccc(CO)cc2)OC(c2ccc(-c3ccccc3CNC(=O)CCCC(=O)NO)cc2)O1. The van der Waals surface area contributed by atoms with E-state index in [1.807, 2.05) is 85.9 Å². The predicted octanol–water partition coefficient (Wildman–Crippen LogP) is 4.80. The van der Waals surface area contributed by atoms with Crippen LogP contribution in [0.4, 0.5) is 0 Å². The van der Waals surface area contributed by atoms with Crippen molar-refractivity contribution in [3.63, 3.8) is 0 Å². The van der Waals surface area contributed by atoms with Crippen LogP contribution in [0.2, 0.25) is 0 Å². The number of aliphatic hydroxyl groups excluding tert-OH is 1. The molecule has 3 aromatic carbocycles. The molecule has 2 amide bonds. The summed E-state index contributed by atoms with van der Waals surface area (Å²) in [7, 11) is 2.05. The van der Waals surface area contributed by atoms with Crippen LogP contribution in [0.15, 0.2) is 85.5 Å². The Hall–Kier alpha value is -3.86. The number of rotatable bonds is 14. The second kappa shape index (κ2) is 16.1. The summed E-state index contributed by atoms with van der Waals surface area (Å²) < 4.78 is 12.9. The number of carbonyl (C=O) groups is 2. The molecule has 4 N–H and O–H groups in total. The third kappa shape index (κ3) is 9.31. The molecule has 1 saturated heterocycles. The molecular weight excluding hydrogens is 546 g/mol. The van der Waals surface area contributed by atoms with Crippen molar-refractivity contribution in [1.82, 2.24) is 15.7 Å². The van der Waals surface area contributed by atoms with Gasteiger partial charge in [0.05, 0.1) is 18.8 Å². The van der Waals surface area contributed by atoms with Crippen LogP contribution in [0.25, 0.3) is 11.1 Å². The summed E-state index contributed by atoms with van der Waals surface area (Å²) in [5.41, 5.74) is 7.37. The lowest BCUT2D eigenvalue weighted by atomic mass is 9.97. The highest BCUT2D eigenvalue weighted by molar-refractivity contribution is 5.78. The highest BCUT2D eigenvalue weighted by Crippen LogP contribution is 2.38. The summed E-state index contributed by atoms with van der Waals surface area (Å²) in [6.45, 7) is 5.70. The number of benzene rings is 3. The minimum Gasteiger partial charge on any atom is -0.392 e. The highest BCUT2D eigenvalue weighted by atomic mass is 16.7. The maximum atomic E-state index is 12.3. The van der Waals surface area contributed by atoms with Crippen molar-refractivity contribution in [2.45, 2.75) is 57.3 Å². The second-order valence-corrected chi connectivity index (χ2v) is 10.8. The van der Waals surface area contributed by atoms with Gasteiger partial charge < -0.3 is 24.8 Å². The van der Waals surface area contributed by atoms with E-state index < -0.39 is 12.2 Å². The Morgan fingerprint density at radius 1 is 0.977 bits per heavy atom. The molecule has 1 fully saturated rings. The first-order chi connectivity index (χ1) is 20.9. The summed E-state index contributed by atoms with van der Waals surface area (Å²) in [6.07, 6.45) is 2.48. The van der Waals surface area contributed by atoms with Gasteiger partial charge in [-0.25, -0.2) is 5.48 Å². The van der Waals surface area contributed by atoms with Crippen LogP contribution in [-0.2, 0) is 32.2 Å². The molecule has 0 aliphatic carbocycles. The van der Waals surface area contributed by atoms with E-state index in [-0.39, 0.29) is 37.6 Å². The van der Waals surface area contributed by atoms with Crippen molar-refractivity contribution in [3.05, 3.63) is 108 Å². The standard InChI is InChI=1S/C34H41N3O6/c1-3-19-37(2)22-29-20-31(26-13-11-24(23-38)12-14-26)43-34(42-29)27-17-15-25(16-18-27)30-8-5-4-7-28(30)21-35-32(39)9-6-10-33(40)36-41/h3-5,7-8,11-18,29,31,34,38,41H,1,6,9-10,19-23H2,2H3,(H,35,39)(H,36,40). The van der Waals surface area contributed by atoms with E-state index in [9.17, 15) is 14.7 Å². The third-order valence-electron chi connectivity index (χ3n) is 7.49. The molecule has 43 heavy (non-hydrogen) atoms. The smallest absolute Gasteiger partial charge is 0.243 e. The quantitative estimate of drug-likeness (QED) is 0.122. The van der Waals surface area contributed by atoms with Gasteiger partial charge in [-0.05, 0) is 41.3 Å². The number of amides is 2. The van der Waals surface area contributed by atoms with E-state index in [0.29, 0.717) is 19.4 Å². The monoisotopic (exact) mass is 587 g/mol. The predicted molar refractivity (Wildman–Crippen MR) is 164 cm³/mol. The zero-order valence-electron chi connectivity index (χ0n) is 24.6. The summed E-state index contributed by atoms with van der Waals surface area (Å²) in [5.74, 6) is -0.662. The van der Waals surface area contributed by atoms with Crippen molar-refractivity contribution in [2.24, 2.45) is 0 Å². The molecule has 4 rings (SSSR count). The van der Waals surface area contributed by atoms with Gasteiger partial charge in [0, 0.05) is 44.5 Å². The van der Waals surface area contributed by atoms with Gasteiger partial charge in [0.25, 0.3) is 0 Å². The maximum Gasteiger partial charge on any atom is 0.243 e. The third-order valence-corrected chi connectivity index (χ3v) is 7.49. The van der Waals surface area contributed by atoms with E-state index in [1.165, 1.54) is 0 Å². The number of hydrogen-bond donors (Lipinski definition) is 4. The molecule has 0 aromatic heterocycles. The average molecular weight is 588 g/mol. The van der Waals surface area contributed by atoms with Crippen molar-refractivity contribution in [3.8, 4) is 11.1 Å². The molecule has 0 bridgehead atoms. The molecule has 0 radical (unpaired) electrons. The summed E-state index contributed by atoms with van der Waals surface area (Å²) >= 11 is 0. The second-order valence-electron chi connectivity index (χ2n) is 10.8. The molecule has 1 heterocycles. The van der Waals surface area contributed by atoms with Gasteiger partial charge in [-0.15, -0.1) is 6.58 Å². The van der Waals surface area contributed by atoms with Gasteiger partial charge in [-0.1, -0.05) is 78.9 Å². The zero-order valence-corrected chi connectivity index (χ0v) is 24.6. The molecule has 9 heteroatoms. The van der Waals surface area contributed by atoms with Gasteiger partial charge in [0.2, 0.25) is 11.8 Å². The number of ether oxygens (including phenoxy) is 2. The zero-order chi connectivity index (χ0) is 30.6. The van der Waals surface area contributed by atoms with Crippen LogP contribution in [0.3, 0.4) is 0 Å². The Kier molecular flexibility index (Phi) is 12.0. The van der Waals surface area contributed by atoms with Gasteiger partial charge in [-0.3, -0.25) is 14.8 Å². The van der Waals surface area contributed by atoms with Crippen LogP contribution in [0.5, 0.6) is 0 Å². The minimum absolute atomic E-state index is 0.000132. The molecule has 3 aromatic rings. The normalized spacial score (nSPS) is 18.3. The Labute approximate surface area is 253 Å². The number of nitrogens with one attached hydrogen (secondary N) is 2. The number of carbonyl (C=O) groups excluding carboxylic acids is 2. The summed E-state index contributed by atoms with van der Waals surface area (Å²) in [6, 6.07) is 23.9. The van der Waals surface area contributed by atoms with Gasteiger partial charge >= 0.3 is 0 Å². The number of hydroxylamine groups is 1. The van der Waals surface area contributed by atoms with E-state index in [4.69, 9.17) is 14.7 Å². The fraction of sp³-hybridized carbons (Fsp3) is 0.353. The van der Waals surface area contributed by atoms with Crippen LogP contribution in [0, 0.1) is 0 Å². The van der Waals surface area contributed by atoms with Crippen molar-refractivity contribution >= 4 is 11.8 Å². The number of likely N-dealkylation sites (N-methyl/N-ethyl adjacent to an activating group) is 1. The van der Waals surface area contributed by atoms with Gasteiger partial charge in [0.15, 0.2) is 6.29 Å². The van der Waals surface area contributed by atoms with E-state index in [0.717, 1.165) is 46.5 Å². The summed E-state index contributed by atoms with van der Waals surface area (Å²) in [4.78, 5) is 25.6. The van der Waals surface area contributed by atoms with E-state index >= 15 is 0 Å². The van der Waals surface area contributed by atoms with Crippen LogP contribution in [-0.4, -0.2) is 53.3 Å². The first kappa shape index (κ1) is 32.1. The Morgan fingerprint density at radius 2 is 1.67 bits per heavy atom. The van der Waals surface area contributed by atoms with Gasteiger partial charge in [0.1, 0.15) is 0 Å². The first-order valence-electron chi connectivity index (χ1n) is 14.6. The van der Waals surface area contributed by atoms with Crippen molar-refractivity contribution < 1.29 is 29.4 Å². The van der Waals surface area contributed by atoms with E-state index in [2.05, 4.69) is 16.8 Å². The number of nitrogens with zero attached hydrogens (tertiary/aromatic N) is 1. The lowest BCUT2D eigenvalue weighted by Gasteiger charge is -2.37. The Balaban J connectivity index is 1.46. The molecule has 0 saturated carbocycles. The van der Waals surface area contributed by atoms with Crippen LogP contribution >= 0.6 is 0 Å². The topological polar surface area (TPSA) is 120 Å². The minimum atomic E-state index is -0.546. The first-order valence-corrected chi connectivity index (χ1v) is 14.6. The number of aliphatic hydroxyl groups is 1. The van der Waals surface area contributed by atoms with Gasteiger partial charge in [-0.2, -0.15) is 0 Å². The van der Waals surface area contributed by atoms with Crippen LogP contribution < -0.4 is 10.8 Å². The van der Waals surface area contributed by atoms with Crippen molar-refractivity contribution in [1.29, 1.82) is 0 Å². The molecular formula is C34H41N3O6.